The third-order valence-corrected chi connectivity index (χ3v) is 3.13. The highest BCUT2D eigenvalue weighted by Crippen LogP contribution is 2.26. The quantitative estimate of drug-likeness (QED) is 0.588. The Bertz CT molecular complexity index is 397. The van der Waals surface area contributed by atoms with E-state index in [1.54, 1.807) is 6.07 Å². The Morgan fingerprint density at radius 2 is 2.17 bits per heavy atom. The zero-order chi connectivity index (χ0) is 13.4. The number of amides is 1. The van der Waals surface area contributed by atoms with Crippen molar-refractivity contribution in [1.29, 1.82) is 0 Å². The number of carbonyl (C=O) groups excluding carboxylic acids is 1. The minimum atomic E-state index is 0.0437. The van der Waals surface area contributed by atoms with Crippen molar-refractivity contribution in [3.05, 3.63) is 18.2 Å². The largest absolute Gasteiger partial charge is 0.494 e. The van der Waals surface area contributed by atoms with E-state index in [9.17, 15) is 4.79 Å². The lowest BCUT2D eigenvalue weighted by molar-refractivity contribution is -0.118. The minimum Gasteiger partial charge on any atom is -0.494 e. The van der Waals surface area contributed by atoms with Crippen LogP contribution in [0.5, 0.6) is 5.75 Å². The summed E-state index contributed by atoms with van der Waals surface area (Å²) in [5.41, 5.74) is 6.43. The van der Waals surface area contributed by atoms with Gasteiger partial charge in [0.15, 0.2) is 0 Å². The number of nitrogen functional groups attached to an aromatic ring is 1. The molecule has 18 heavy (non-hydrogen) atoms. The van der Waals surface area contributed by atoms with E-state index in [1.165, 1.54) is 11.8 Å². The van der Waals surface area contributed by atoms with Gasteiger partial charge >= 0.3 is 0 Å². The van der Waals surface area contributed by atoms with E-state index < -0.39 is 0 Å². The first-order chi connectivity index (χ1) is 8.65. The van der Waals surface area contributed by atoms with Crippen LogP contribution < -0.4 is 15.8 Å². The third kappa shape index (κ3) is 5.31. The second-order valence-electron chi connectivity index (χ2n) is 3.81. The summed E-state index contributed by atoms with van der Waals surface area (Å²) in [4.78, 5) is 12.4. The highest BCUT2D eigenvalue weighted by atomic mass is 32.2. The summed E-state index contributed by atoms with van der Waals surface area (Å²) in [5, 5.41) is 2.83. The minimum absolute atomic E-state index is 0.0437. The van der Waals surface area contributed by atoms with E-state index in [0.717, 1.165) is 23.6 Å². The van der Waals surface area contributed by atoms with Crippen molar-refractivity contribution >= 4 is 23.4 Å². The number of ether oxygens (including phenoxy) is 1. The molecule has 0 unspecified atom stereocenters. The Morgan fingerprint density at radius 3 is 2.83 bits per heavy atom. The smallest absolute Gasteiger partial charge is 0.230 e. The van der Waals surface area contributed by atoms with Gasteiger partial charge in [-0.25, -0.2) is 0 Å². The van der Waals surface area contributed by atoms with Crippen molar-refractivity contribution in [1.82, 2.24) is 5.32 Å². The molecular formula is C13H20N2O2S. The molecule has 0 bridgehead atoms. The number of nitrogens with one attached hydrogen (secondary N) is 1. The summed E-state index contributed by atoms with van der Waals surface area (Å²) in [6, 6.07) is 5.53. The van der Waals surface area contributed by atoms with E-state index in [-0.39, 0.29) is 5.91 Å². The fraction of sp³-hybridized carbons (Fsp3) is 0.462. The Balaban J connectivity index is 2.53. The molecule has 0 saturated heterocycles. The topological polar surface area (TPSA) is 64.4 Å². The molecule has 0 aromatic heterocycles. The van der Waals surface area contributed by atoms with Crippen molar-refractivity contribution in [2.75, 3.05) is 24.6 Å². The van der Waals surface area contributed by atoms with Crippen LogP contribution in [-0.2, 0) is 4.79 Å². The van der Waals surface area contributed by atoms with E-state index in [4.69, 9.17) is 10.5 Å². The summed E-state index contributed by atoms with van der Waals surface area (Å²) in [5.74, 6) is 1.19. The van der Waals surface area contributed by atoms with Crippen LogP contribution in [-0.4, -0.2) is 24.8 Å². The van der Waals surface area contributed by atoms with Gasteiger partial charge in [0.05, 0.1) is 12.4 Å². The molecule has 0 aliphatic heterocycles. The van der Waals surface area contributed by atoms with Gasteiger partial charge in [-0.15, -0.1) is 11.8 Å². The van der Waals surface area contributed by atoms with Crippen LogP contribution in [0.25, 0.3) is 0 Å². The predicted molar refractivity (Wildman–Crippen MR) is 76.0 cm³/mol. The zero-order valence-corrected chi connectivity index (χ0v) is 11.7. The predicted octanol–water partition coefficient (Wildman–Crippen LogP) is 2.29. The lowest BCUT2D eigenvalue weighted by Gasteiger charge is -2.08. The molecule has 1 rings (SSSR count). The van der Waals surface area contributed by atoms with Crippen molar-refractivity contribution in [3.63, 3.8) is 0 Å². The number of carbonyl (C=O) groups is 1. The van der Waals surface area contributed by atoms with E-state index >= 15 is 0 Å². The maximum atomic E-state index is 11.5. The summed E-state index contributed by atoms with van der Waals surface area (Å²) in [6.45, 7) is 5.28. The summed E-state index contributed by atoms with van der Waals surface area (Å²) < 4.78 is 5.41. The van der Waals surface area contributed by atoms with Gasteiger partial charge in [0.25, 0.3) is 0 Å². The lowest BCUT2D eigenvalue weighted by atomic mass is 10.3. The van der Waals surface area contributed by atoms with Gasteiger partial charge in [-0.05, 0) is 25.5 Å². The number of hydrogen-bond acceptors (Lipinski definition) is 4. The lowest BCUT2D eigenvalue weighted by Crippen LogP contribution is -2.25. The van der Waals surface area contributed by atoms with Crippen LogP contribution in [0, 0.1) is 0 Å². The Labute approximate surface area is 112 Å². The third-order valence-electron chi connectivity index (χ3n) is 2.16. The maximum absolute atomic E-state index is 11.5. The SMILES string of the molecule is CCCNC(=O)CSc1cc(N)cc(OCC)c1. The molecule has 0 fully saturated rings. The number of nitrogens with two attached hydrogens (primary N) is 1. The molecule has 0 aliphatic rings. The van der Waals surface area contributed by atoms with Crippen LogP contribution in [0.1, 0.15) is 20.3 Å². The molecule has 1 aromatic carbocycles. The number of benzene rings is 1. The summed E-state index contributed by atoms with van der Waals surface area (Å²) in [6.07, 6.45) is 0.948. The van der Waals surface area contributed by atoms with Gasteiger partial charge in [0.1, 0.15) is 5.75 Å². The second kappa shape index (κ2) is 7.87. The number of anilines is 1. The van der Waals surface area contributed by atoms with Crippen LogP contribution >= 0.6 is 11.8 Å². The molecular weight excluding hydrogens is 248 g/mol. The van der Waals surface area contributed by atoms with E-state index in [2.05, 4.69) is 5.32 Å². The molecule has 0 heterocycles. The number of rotatable bonds is 7. The molecule has 0 aliphatic carbocycles. The summed E-state index contributed by atoms with van der Waals surface area (Å²) in [7, 11) is 0. The zero-order valence-electron chi connectivity index (χ0n) is 10.9. The first-order valence-corrected chi connectivity index (χ1v) is 7.07. The molecule has 0 spiro atoms. The first-order valence-electron chi connectivity index (χ1n) is 6.08. The average molecular weight is 268 g/mol. The van der Waals surface area contributed by atoms with Crippen molar-refractivity contribution in [2.24, 2.45) is 0 Å². The Morgan fingerprint density at radius 1 is 1.39 bits per heavy atom. The van der Waals surface area contributed by atoms with Gasteiger partial charge in [0, 0.05) is 23.2 Å². The van der Waals surface area contributed by atoms with Crippen LogP contribution in [0.3, 0.4) is 0 Å². The van der Waals surface area contributed by atoms with Crippen LogP contribution in [0.2, 0.25) is 0 Å². The Kier molecular flexibility index (Phi) is 6.43. The van der Waals surface area contributed by atoms with Crippen LogP contribution in [0.4, 0.5) is 5.69 Å². The fourth-order valence-electron chi connectivity index (χ4n) is 1.39. The molecule has 5 heteroatoms. The van der Waals surface area contributed by atoms with Crippen LogP contribution in [0.15, 0.2) is 23.1 Å². The molecule has 4 nitrogen and oxygen atoms in total. The maximum Gasteiger partial charge on any atom is 0.230 e. The van der Waals surface area contributed by atoms with Gasteiger partial charge in [-0.3, -0.25) is 4.79 Å². The highest BCUT2D eigenvalue weighted by Gasteiger charge is 2.04. The van der Waals surface area contributed by atoms with Crippen molar-refractivity contribution in [3.8, 4) is 5.75 Å². The van der Waals surface area contributed by atoms with Crippen molar-refractivity contribution in [2.45, 2.75) is 25.2 Å². The highest BCUT2D eigenvalue weighted by molar-refractivity contribution is 8.00. The molecule has 1 aromatic rings. The van der Waals surface area contributed by atoms with Gasteiger partial charge in [-0.1, -0.05) is 6.92 Å². The normalized spacial score (nSPS) is 10.1. The molecule has 1 amide bonds. The fourth-order valence-corrected chi connectivity index (χ4v) is 2.21. The Hall–Kier alpha value is -1.36. The molecule has 0 atom stereocenters. The van der Waals surface area contributed by atoms with E-state index in [1.807, 2.05) is 26.0 Å². The monoisotopic (exact) mass is 268 g/mol. The van der Waals surface area contributed by atoms with Crippen molar-refractivity contribution < 1.29 is 9.53 Å². The van der Waals surface area contributed by atoms with Gasteiger partial charge in [-0.2, -0.15) is 0 Å². The average Bonchev–Trinajstić information content (AvgIpc) is 2.33. The molecule has 0 saturated carbocycles. The molecule has 100 valence electrons. The second-order valence-corrected chi connectivity index (χ2v) is 4.86. The van der Waals surface area contributed by atoms with E-state index in [0.29, 0.717) is 18.0 Å². The standard InChI is InChI=1S/C13H20N2O2S/c1-3-5-15-13(16)9-18-12-7-10(14)6-11(8-12)17-4-2/h6-8H,3-5,9,14H2,1-2H3,(H,15,16). The number of thioether (sulfide) groups is 1. The summed E-state index contributed by atoms with van der Waals surface area (Å²) >= 11 is 1.46. The first kappa shape index (κ1) is 14.7. The van der Waals surface area contributed by atoms with Gasteiger partial charge in [0.2, 0.25) is 5.91 Å². The molecule has 0 radical (unpaired) electrons. The number of hydrogen-bond donors (Lipinski definition) is 2. The van der Waals surface area contributed by atoms with Gasteiger partial charge < -0.3 is 15.8 Å². The molecule has 3 N–H and O–H groups in total.